The van der Waals surface area contributed by atoms with E-state index in [4.69, 9.17) is 4.74 Å². The second-order valence-corrected chi connectivity index (χ2v) is 4.23. The molecule has 1 atom stereocenters. The molecular weight excluding hydrogens is 196 g/mol. The zero-order chi connectivity index (χ0) is 11.3. The molecule has 1 fully saturated rings. The number of carbonyl (C=O) groups is 1. The maximum atomic E-state index is 11.6. The molecule has 0 aromatic heterocycles. The molecule has 5 nitrogen and oxygen atoms in total. The van der Waals surface area contributed by atoms with Crippen LogP contribution in [0.3, 0.4) is 0 Å². The normalized spacial score (nSPS) is 25.9. The monoisotopic (exact) mass is 216 g/mol. The van der Waals surface area contributed by atoms with Crippen LogP contribution in [0, 0.1) is 0 Å². The number of nitrogens with zero attached hydrogens (tertiary/aromatic N) is 1. The van der Waals surface area contributed by atoms with Crippen LogP contribution in [-0.4, -0.2) is 61.4 Å². The summed E-state index contributed by atoms with van der Waals surface area (Å²) in [6, 6.07) is 0. The molecule has 0 radical (unpaired) electrons. The van der Waals surface area contributed by atoms with Crippen molar-refractivity contribution in [2.24, 2.45) is 0 Å². The SMILES string of the molecule is COCCNCC(=O)N1CCC(C)(O)C1. The fraction of sp³-hybridized carbons (Fsp3) is 0.900. The summed E-state index contributed by atoms with van der Waals surface area (Å²) >= 11 is 0. The van der Waals surface area contributed by atoms with E-state index in [9.17, 15) is 9.90 Å². The molecule has 0 saturated carbocycles. The molecular formula is C10H20N2O3. The molecule has 1 saturated heterocycles. The Kier molecular flexibility index (Phi) is 4.50. The molecule has 0 bridgehead atoms. The molecule has 1 aliphatic heterocycles. The van der Waals surface area contributed by atoms with Crippen LogP contribution in [0.25, 0.3) is 0 Å². The Balaban J connectivity index is 2.18. The van der Waals surface area contributed by atoms with Gasteiger partial charge in [0.2, 0.25) is 5.91 Å². The van der Waals surface area contributed by atoms with E-state index in [1.54, 1.807) is 18.9 Å². The van der Waals surface area contributed by atoms with Crippen molar-refractivity contribution in [1.82, 2.24) is 10.2 Å². The molecule has 2 N–H and O–H groups in total. The molecule has 5 heteroatoms. The summed E-state index contributed by atoms with van der Waals surface area (Å²) in [5, 5.41) is 12.7. The number of amides is 1. The first kappa shape index (κ1) is 12.4. The quantitative estimate of drug-likeness (QED) is 0.591. The second kappa shape index (κ2) is 5.44. The third-order valence-corrected chi connectivity index (χ3v) is 2.56. The number of likely N-dealkylation sites (tertiary alicyclic amines) is 1. The van der Waals surface area contributed by atoms with Gasteiger partial charge in [0, 0.05) is 26.7 Å². The van der Waals surface area contributed by atoms with Gasteiger partial charge in [-0.1, -0.05) is 0 Å². The molecule has 1 rings (SSSR count). The van der Waals surface area contributed by atoms with Crippen molar-refractivity contribution in [1.29, 1.82) is 0 Å². The number of carbonyl (C=O) groups excluding carboxylic acids is 1. The van der Waals surface area contributed by atoms with Crippen LogP contribution in [0.15, 0.2) is 0 Å². The van der Waals surface area contributed by atoms with Crippen molar-refractivity contribution in [3.8, 4) is 0 Å². The van der Waals surface area contributed by atoms with Crippen LogP contribution in [0.2, 0.25) is 0 Å². The van der Waals surface area contributed by atoms with Gasteiger partial charge in [0.1, 0.15) is 0 Å². The Labute approximate surface area is 90.4 Å². The molecule has 88 valence electrons. The Morgan fingerprint density at radius 1 is 1.67 bits per heavy atom. The third kappa shape index (κ3) is 4.15. The lowest BCUT2D eigenvalue weighted by Gasteiger charge is -2.19. The van der Waals surface area contributed by atoms with Gasteiger partial charge in [-0.15, -0.1) is 0 Å². The Hall–Kier alpha value is -0.650. The molecule has 1 heterocycles. The lowest BCUT2D eigenvalue weighted by molar-refractivity contribution is -0.130. The highest BCUT2D eigenvalue weighted by atomic mass is 16.5. The maximum Gasteiger partial charge on any atom is 0.236 e. The summed E-state index contributed by atoms with van der Waals surface area (Å²) in [5.41, 5.74) is -0.706. The van der Waals surface area contributed by atoms with Gasteiger partial charge in [-0.3, -0.25) is 4.79 Å². The summed E-state index contributed by atoms with van der Waals surface area (Å²) in [5.74, 6) is 0.0453. The van der Waals surface area contributed by atoms with E-state index in [0.29, 0.717) is 39.2 Å². The van der Waals surface area contributed by atoms with Crippen LogP contribution < -0.4 is 5.32 Å². The lowest BCUT2D eigenvalue weighted by atomic mass is 10.1. The Morgan fingerprint density at radius 2 is 2.40 bits per heavy atom. The zero-order valence-corrected chi connectivity index (χ0v) is 9.45. The highest BCUT2D eigenvalue weighted by Gasteiger charge is 2.33. The Bertz CT molecular complexity index is 219. The predicted molar refractivity (Wildman–Crippen MR) is 56.6 cm³/mol. The first-order valence-electron chi connectivity index (χ1n) is 5.25. The van der Waals surface area contributed by atoms with Gasteiger partial charge in [-0.25, -0.2) is 0 Å². The van der Waals surface area contributed by atoms with Crippen LogP contribution in [0.1, 0.15) is 13.3 Å². The maximum absolute atomic E-state index is 11.6. The average molecular weight is 216 g/mol. The molecule has 0 aromatic carbocycles. The van der Waals surface area contributed by atoms with Crippen LogP contribution in [-0.2, 0) is 9.53 Å². The number of aliphatic hydroxyl groups is 1. The molecule has 1 amide bonds. The molecule has 0 aliphatic carbocycles. The molecule has 1 aliphatic rings. The van der Waals surface area contributed by atoms with Crippen LogP contribution in [0.4, 0.5) is 0 Å². The molecule has 0 spiro atoms. The van der Waals surface area contributed by atoms with E-state index in [0.717, 1.165) is 0 Å². The number of ether oxygens (including phenoxy) is 1. The van der Waals surface area contributed by atoms with E-state index in [2.05, 4.69) is 5.32 Å². The largest absolute Gasteiger partial charge is 0.388 e. The minimum Gasteiger partial charge on any atom is -0.388 e. The number of methoxy groups -OCH3 is 1. The topological polar surface area (TPSA) is 61.8 Å². The van der Waals surface area contributed by atoms with Crippen molar-refractivity contribution < 1.29 is 14.6 Å². The van der Waals surface area contributed by atoms with Gasteiger partial charge >= 0.3 is 0 Å². The Morgan fingerprint density at radius 3 is 2.93 bits per heavy atom. The van der Waals surface area contributed by atoms with Crippen LogP contribution in [0.5, 0.6) is 0 Å². The molecule has 1 unspecified atom stereocenters. The predicted octanol–water partition coefficient (Wildman–Crippen LogP) is -0.794. The highest BCUT2D eigenvalue weighted by Crippen LogP contribution is 2.19. The van der Waals surface area contributed by atoms with Crippen molar-refractivity contribution in [3.05, 3.63) is 0 Å². The highest BCUT2D eigenvalue weighted by molar-refractivity contribution is 5.78. The summed E-state index contributed by atoms with van der Waals surface area (Å²) in [7, 11) is 1.63. The van der Waals surface area contributed by atoms with E-state index < -0.39 is 5.60 Å². The van der Waals surface area contributed by atoms with Crippen molar-refractivity contribution >= 4 is 5.91 Å². The van der Waals surface area contributed by atoms with Crippen molar-refractivity contribution in [3.63, 3.8) is 0 Å². The lowest BCUT2D eigenvalue weighted by Crippen LogP contribution is -2.39. The van der Waals surface area contributed by atoms with Gasteiger partial charge in [0.15, 0.2) is 0 Å². The van der Waals surface area contributed by atoms with Gasteiger partial charge in [0.25, 0.3) is 0 Å². The van der Waals surface area contributed by atoms with E-state index >= 15 is 0 Å². The van der Waals surface area contributed by atoms with E-state index in [-0.39, 0.29) is 5.91 Å². The average Bonchev–Trinajstić information content (AvgIpc) is 2.53. The molecule has 0 aromatic rings. The number of hydrogen-bond acceptors (Lipinski definition) is 4. The minimum atomic E-state index is -0.706. The smallest absolute Gasteiger partial charge is 0.236 e. The number of hydrogen-bond donors (Lipinski definition) is 2. The van der Waals surface area contributed by atoms with Gasteiger partial charge in [-0.2, -0.15) is 0 Å². The summed E-state index contributed by atoms with van der Waals surface area (Å²) in [4.78, 5) is 13.3. The number of nitrogens with one attached hydrogen (secondary N) is 1. The zero-order valence-electron chi connectivity index (χ0n) is 9.45. The molecule has 15 heavy (non-hydrogen) atoms. The minimum absolute atomic E-state index is 0.0453. The number of β-amino-alcohol motifs (C(OH)–C–C–N with tert-alkyl or cyclic N) is 1. The summed E-state index contributed by atoms with van der Waals surface area (Å²) in [6.07, 6.45) is 0.664. The van der Waals surface area contributed by atoms with E-state index in [1.165, 1.54) is 0 Å². The van der Waals surface area contributed by atoms with Crippen molar-refractivity contribution in [2.75, 3.05) is 39.9 Å². The van der Waals surface area contributed by atoms with E-state index in [1.807, 2.05) is 0 Å². The summed E-state index contributed by atoms with van der Waals surface area (Å²) < 4.78 is 4.85. The first-order chi connectivity index (χ1) is 7.05. The van der Waals surface area contributed by atoms with Gasteiger partial charge in [0.05, 0.1) is 18.8 Å². The fourth-order valence-corrected chi connectivity index (χ4v) is 1.64. The third-order valence-electron chi connectivity index (χ3n) is 2.56. The van der Waals surface area contributed by atoms with Gasteiger partial charge < -0.3 is 20.1 Å². The standard InChI is InChI=1S/C10H20N2O3/c1-10(14)3-5-12(8-10)9(13)7-11-4-6-15-2/h11,14H,3-8H2,1-2H3. The van der Waals surface area contributed by atoms with Gasteiger partial charge in [-0.05, 0) is 13.3 Å². The fourth-order valence-electron chi connectivity index (χ4n) is 1.64. The summed E-state index contributed by atoms with van der Waals surface area (Å²) in [6.45, 7) is 4.45. The van der Waals surface area contributed by atoms with Crippen LogP contribution >= 0.6 is 0 Å². The first-order valence-corrected chi connectivity index (χ1v) is 5.25. The number of rotatable bonds is 5. The van der Waals surface area contributed by atoms with Crippen molar-refractivity contribution in [2.45, 2.75) is 18.9 Å². The second-order valence-electron chi connectivity index (χ2n) is 4.23.